The second kappa shape index (κ2) is 16.5. The van der Waals surface area contributed by atoms with E-state index in [1.54, 1.807) is 34.6 Å². The monoisotopic (exact) mass is 669 g/mol. The molecule has 0 saturated carbocycles. The first-order valence-corrected chi connectivity index (χ1v) is 15.6. The van der Waals surface area contributed by atoms with Gasteiger partial charge in [-0.05, 0) is 48.4 Å². The normalized spacial score (nSPS) is 13.5. The fraction of sp³-hybridized carbons (Fsp3) is 0.516. The summed E-state index contributed by atoms with van der Waals surface area (Å²) in [5.74, 6) is -4.03. The van der Waals surface area contributed by atoms with Crippen molar-refractivity contribution in [3.8, 4) is 0 Å². The number of carbonyl (C=O) groups is 5. The highest BCUT2D eigenvalue weighted by molar-refractivity contribution is 7.18. The second-order valence-corrected chi connectivity index (χ2v) is 12.4. The summed E-state index contributed by atoms with van der Waals surface area (Å²) in [4.78, 5) is 64.2. The van der Waals surface area contributed by atoms with Crippen LogP contribution in [0.1, 0.15) is 83.7 Å². The third kappa shape index (κ3) is 9.76. The van der Waals surface area contributed by atoms with E-state index in [4.69, 9.17) is 10.5 Å². The number of nitrogens with two attached hydrogens (primary N) is 1. The first kappa shape index (κ1) is 38.2. The summed E-state index contributed by atoms with van der Waals surface area (Å²) < 4.78 is 43.9. The van der Waals surface area contributed by atoms with Crippen molar-refractivity contribution in [3.05, 3.63) is 51.4 Å². The summed E-state index contributed by atoms with van der Waals surface area (Å²) in [6, 6.07) is 2.64. The number of hydrogen-bond donors (Lipinski definition) is 5. The average molecular weight is 670 g/mol. The van der Waals surface area contributed by atoms with Crippen molar-refractivity contribution in [1.82, 2.24) is 16.0 Å². The van der Waals surface area contributed by atoms with Crippen LogP contribution in [-0.4, -0.2) is 61.9 Å². The van der Waals surface area contributed by atoms with Crippen LogP contribution in [0, 0.1) is 18.8 Å². The van der Waals surface area contributed by atoms with Gasteiger partial charge in [0.15, 0.2) is 0 Å². The molecule has 15 heteroatoms. The predicted octanol–water partition coefficient (Wildman–Crippen LogP) is 3.96. The van der Waals surface area contributed by atoms with Crippen LogP contribution in [-0.2, 0) is 25.3 Å². The molecular formula is C31H42F3N5O6S. The number of methoxy groups -OCH3 is 1. The maximum absolute atomic E-state index is 13.2. The number of amides is 4. The van der Waals surface area contributed by atoms with Gasteiger partial charge in [0.25, 0.3) is 5.91 Å². The van der Waals surface area contributed by atoms with E-state index in [0.717, 1.165) is 30.6 Å². The quantitative estimate of drug-likeness (QED) is 0.150. The van der Waals surface area contributed by atoms with Gasteiger partial charge in [0, 0.05) is 13.1 Å². The zero-order chi connectivity index (χ0) is 34.9. The molecule has 254 valence electrons. The number of anilines is 1. The van der Waals surface area contributed by atoms with Crippen molar-refractivity contribution < 1.29 is 41.9 Å². The summed E-state index contributed by atoms with van der Waals surface area (Å²) in [5.41, 5.74) is 5.61. The van der Waals surface area contributed by atoms with E-state index >= 15 is 0 Å². The van der Waals surface area contributed by atoms with Crippen molar-refractivity contribution in [2.24, 2.45) is 17.6 Å². The highest BCUT2D eigenvalue weighted by Gasteiger charge is 2.32. The Hall–Kier alpha value is -3.98. The molecule has 0 aliphatic rings. The van der Waals surface area contributed by atoms with Gasteiger partial charge in [-0.15, -0.1) is 11.3 Å². The van der Waals surface area contributed by atoms with Crippen molar-refractivity contribution in [2.45, 2.75) is 72.1 Å². The third-order valence-corrected chi connectivity index (χ3v) is 8.53. The largest absolute Gasteiger partial charge is 0.465 e. The maximum Gasteiger partial charge on any atom is 0.416 e. The predicted molar refractivity (Wildman–Crippen MR) is 168 cm³/mol. The van der Waals surface area contributed by atoms with Crippen molar-refractivity contribution in [3.63, 3.8) is 0 Å². The molecule has 1 aromatic carbocycles. The Balaban J connectivity index is 2.14. The molecule has 3 unspecified atom stereocenters. The highest BCUT2D eigenvalue weighted by atomic mass is 32.1. The molecule has 0 radical (unpaired) electrons. The van der Waals surface area contributed by atoms with Crippen molar-refractivity contribution in [2.75, 3.05) is 25.5 Å². The highest BCUT2D eigenvalue weighted by Crippen LogP contribution is 2.35. The SMILES string of the molecule is CCC(C(=O)Nc1sc(C(=O)NCCNC(=O)C(NC(=O)C(N)C(C)C)C(C)C)c(C)c1C(=O)OC)c1ccc(C(F)(F)F)cc1. The molecule has 4 amide bonds. The van der Waals surface area contributed by atoms with Gasteiger partial charge in [0.05, 0.1) is 35.1 Å². The lowest BCUT2D eigenvalue weighted by atomic mass is 9.94. The summed E-state index contributed by atoms with van der Waals surface area (Å²) in [6.07, 6.45) is -4.27. The molecule has 2 aromatic rings. The van der Waals surface area contributed by atoms with Crippen molar-refractivity contribution in [1.29, 1.82) is 0 Å². The van der Waals surface area contributed by atoms with Crippen LogP contribution in [0.25, 0.3) is 0 Å². The third-order valence-electron chi connectivity index (χ3n) is 7.32. The molecule has 6 N–H and O–H groups in total. The van der Waals surface area contributed by atoms with Crippen LogP contribution in [0.5, 0.6) is 0 Å². The average Bonchev–Trinajstić information content (AvgIpc) is 3.31. The number of benzene rings is 1. The van der Waals surface area contributed by atoms with E-state index in [0.29, 0.717) is 5.56 Å². The van der Waals surface area contributed by atoms with Gasteiger partial charge in [-0.1, -0.05) is 46.8 Å². The summed E-state index contributed by atoms with van der Waals surface area (Å²) >= 11 is 0.840. The minimum atomic E-state index is -4.52. The molecule has 3 atom stereocenters. The lowest BCUT2D eigenvalue weighted by molar-refractivity contribution is -0.137. The minimum absolute atomic E-state index is 0.00721. The van der Waals surface area contributed by atoms with Crippen LogP contribution < -0.4 is 27.0 Å². The molecule has 0 aliphatic heterocycles. The fourth-order valence-electron chi connectivity index (χ4n) is 4.48. The molecule has 46 heavy (non-hydrogen) atoms. The molecule has 0 spiro atoms. The Kier molecular flexibility index (Phi) is 13.7. The van der Waals surface area contributed by atoms with Crippen LogP contribution in [0.15, 0.2) is 24.3 Å². The van der Waals surface area contributed by atoms with Crippen LogP contribution in [0.2, 0.25) is 0 Å². The Bertz CT molecular complexity index is 1410. The topological polar surface area (TPSA) is 169 Å². The van der Waals surface area contributed by atoms with E-state index in [-0.39, 0.29) is 52.4 Å². The van der Waals surface area contributed by atoms with Crippen LogP contribution in [0.4, 0.5) is 18.2 Å². The number of thiophene rings is 1. The molecule has 1 aromatic heterocycles. The number of carbonyl (C=O) groups excluding carboxylic acids is 5. The molecule has 1 heterocycles. The lowest BCUT2D eigenvalue weighted by Gasteiger charge is -2.24. The summed E-state index contributed by atoms with van der Waals surface area (Å²) in [5, 5.41) is 10.7. The van der Waals surface area contributed by atoms with E-state index in [2.05, 4.69) is 21.3 Å². The van der Waals surface area contributed by atoms with E-state index in [1.165, 1.54) is 19.1 Å². The number of esters is 1. The van der Waals surface area contributed by atoms with Gasteiger partial charge in [-0.25, -0.2) is 4.79 Å². The molecule has 11 nitrogen and oxygen atoms in total. The van der Waals surface area contributed by atoms with Crippen LogP contribution in [0.3, 0.4) is 0 Å². The Morgan fingerprint density at radius 2 is 1.50 bits per heavy atom. The zero-order valence-electron chi connectivity index (χ0n) is 26.9. The molecule has 0 fully saturated rings. The molecule has 0 saturated heterocycles. The number of halogens is 3. The first-order valence-electron chi connectivity index (χ1n) is 14.8. The number of rotatable bonds is 14. The van der Waals surface area contributed by atoms with Crippen molar-refractivity contribution >= 4 is 45.9 Å². The Morgan fingerprint density at radius 3 is 2.00 bits per heavy atom. The summed E-state index contributed by atoms with van der Waals surface area (Å²) in [7, 11) is 1.15. The Morgan fingerprint density at radius 1 is 0.913 bits per heavy atom. The smallest absolute Gasteiger partial charge is 0.416 e. The van der Waals surface area contributed by atoms with Crippen LogP contribution >= 0.6 is 11.3 Å². The first-order chi connectivity index (χ1) is 21.4. The summed E-state index contributed by atoms with van der Waals surface area (Å²) in [6.45, 7) is 10.4. The van der Waals surface area contributed by atoms with Gasteiger partial charge in [0.1, 0.15) is 11.0 Å². The van der Waals surface area contributed by atoms with Gasteiger partial charge >= 0.3 is 12.1 Å². The molecule has 0 bridgehead atoms. The molecular weight excluding hydrogens is 627 g/mol. The fourth-order valence-corrected chi connectivity index (χ4v) is 5.60. The zero-order valence-corrected chi connectivity index (χ0v) is 27.7. The number of alkyl halides is 3. The van der Waals surface area contributed by atoms with Gasteiger partial charge in [-0.2, -0.15) is 13.2 Å². The van der Waals surface area contributed by atoms with E-state index < -0.39 is 59.3 Å². The molecule has 0 aliphatic carbocycles. The number of nitrogens with one attached hydrogen (secondary N) is 4. The number of ether oxygens (including phenoxy) is 1. The minimum Gasteiger partial charge on any atom is -0.465 e. The maximum atomic E-state index is 13.2. The van der Waals surface area contributed by atoms with Gasteiger partial charge < -0.3 is 31.7 Å². The van der Waals surface area contributed by atoms with E-state index in [1.807, 2.05) is 0 Å². The number of hydrogen-bond acceptors (Lipinski definition) is 8. The Labute approximate surface area is 270 Å². The lowest BCUT2D eigenvalue weighted by Crippen LogP contribution is -2.55. The standard InChI is InChI=1S/C31H42F3N5O6S/c1-8-20(18-9-11-19(12-10-18)31(32,33)34)25(40)39-29-21(30(44)45-7)17(6)24(46-29)28(43)37-14-13-36-27(42)23(16(4)5)38-26(41)22(35)15(2)3/h9-12,15-16,20,22-23H,8,13-14,35H2,1-7H3,(H,36,42)(H,37,43)(H,38,41)(H,39,40). The second-order valence-electron chi connectivity index (χ2n) is 11.4. The molecule has 2 rings (SSSR count). The van der Waals surface area contributed by atoms with Gasteiger partial charge in [0.2, 0.25) is 17.7 Å². The van der Waals surface area contributed by atoms with E-state index in [9.17, 15) is 37.1 Å². The van der Waals surface area contributed by atoms with Gasteiger partial charge in [-0.3, -0.25) is 19.2 Å².